The Balaban J connectivity index is 4.04. The van der Waals surface area contributed by atoms with Crippen LogP contribution in [0.15, 0.2) is 12.7 Å². The molecule has 0 aliphatic carbocycles. The minimum absolute atomic E-state index is 0.0276. The summed E-state index contributed by atoms with van der Waals surface area (Å²) >= 11 is 0. The number of nitrogens with zero attached hydrogens (tertiary/aromatic N) is 1. The second-order valence-electron chi connectivity index (χ2n) is 3.06. The number of carbonyl (C=O) groups is 1. The summed E-state index contributed by atoms with van der Waals surface area (Å²) in [5.74, 6) is -0.0276. The van der Waals surface area contributed by atoms with Crippen LogP contribution in [0.1, 0.15) is 13.8 Å². The molecule has 0 saturated heterocycles. The van der Waals surface area contributed by atoms with Crippen molar-refractivity contribution >= 4 is 5.91 Å². The predicted molar refractivity (Wildman–Crippen MR) is 57.0 cm³/mol. The summed E-state index contributed by atoms with van der Waals surface area (Å²) in [7, 11) is 0. The first-order valence-corrected chi connectivity index (χ1v) is 4.90. The van der Waals surface area contributed by atoms with Gasteiger partial charge in [0, 0.05) is 13.1 Å². The fourth-order valence-electron chi connectivity index (χ4n) is 1.24. The summed E-state index contributed by atoms with van der Waals surface area (Å²) < 4.78 is 0. The third-order valence-corrected chi connectivity index (χ3v) is 2.14. The maximum Gasteiger partial charge on any atom is 0.237 e. The number of aliphatic hydroxyl groups excluding tert-OH is 1. The summed E-state index contributed by atoms with van der Waals surface area (Å²) in [5.41, 5.74) is 0. The van der Waals surface area contributed by atoms with Crippen molar-refractivity contribution in [3.05, 3.63) is 12.7 Å². The molecular formula is C10H20N2O2. The van der Waals surface area contributed by atoms with Crippen molar-refractivity contribution in [2.45, 2.75) is 19.9 Å². The molecule has 0 heterocycles. The van der Waals surface area contributed by atoms with Crippen LogP contribution in [0.4, 0.5) is 0 Å². The molecule has 4 heteroatoms. The van der Waals surface area contributed by atoms with Crippen LogP contribution in [-0.4, -0.2) is 48.2 Å². The van der Waals surface area contributed by atoms with Crippen molar-refractivity contribution in [2.24, 2.45) is 0 Å². The van der Waals surface area contributed by atoms with E-state index in [1.165, 1.54) is 0 Å². The van der Waals surface area contributed by atoms with Crippen LogP contribution in [-0.2, 0) is 4.79 Å². The number of likely N-dealkylation sites (N-methyl/N-ethyl adjacent to an activating group) is 1. The van der Waals surface area contributed by atoms with Crippen molar-refractivity contribution in [2.75, 3.05) is 26.2 Å². The van der Waals surface area contributed by atoms with Gasteiger partial charge in [0.05, 0.1) is 12.6 Å². The molecule has 0 spiro atoms. The Morgan fingerprint density at radius 1 is 1.71 bits per heavy atom. The third-order valence-electron chi connectivity index (χ3n) is 2.14. The molecule has 0 aromatic rings. The van der Waals surface area contributed by atoms with Gasteiger partial charge >= 0.3 is 0 Å². The lowest BCUT2D eigenvalue weighted by Gasteiger charge is -2.25. The molecule has 0 bridgehead atoms. The van der Waals surface area contributed by atoms with E-state index < -0.39 is 0 Å². The Morgan fingerprint density at radius 2 is 2.36 bits per heavy atom. The van der Waals surface area contributed by atoms with E-state index in [-0.39, 0.29) is 18.6 Å². The van der Waals surface area contributed by atoms with Crippen molar-refractivity contribution in [1.82, 2.24) is 10.2 Å². The summed E-state index contributed by atoms with van der Waals surface area (Å²) in [4.78, 5) is 13.4. The minimum atomic E-state index is -0.202. The molecule has 0 aromatic carbocycles. The monoisotopic (exact) mass is 200 g/mol. The minimum Gasteiger partial charge on any atom is -0.395 e. The number of amides is 1. The number of carbonyl (C=O) groups excluding carboxylic acids is 1. The summed E-state index contributed by atoms with van der Waals surface area (Å²) in [5, 5.41) is 11.5. The molecule has 2 N–H and O–H groups in total. The van der Waals surface area contributed by atoms with Crippen LogP contribution in [0, 0.1) is 0 Å². The lowest BCUT2D eigenvalue weighted by atomic mass is 10.2. The molecule has 0 aliphatic heterocycles. The topological polar surface area (TPSA) is 52.6 Å². The van der Waals surface area contributed by atoms with Crippen LogP contribution < -0.4 is 5.32 Å². The Hall–Kier alpha value is -0.870. The molecule has 0 saturated carbocycles. The molecule has 4 nitrogen and oxygen atoms in total. The maximum atomic E-state index is 11.5. The van der Waals surface area contributed by atoms with Gasteiger partial charge in [0.1, 0.15) is 0 Å². The van der Waals surface area contributed by atoms with Crippen LogP contribution >= 0.6 is 0 Å². The molecular weight excluding hydrogens is 180 g/mol. The Bertz CT molecular complexity index is 183. The van der Waals surface area contributed by atoms with Crippen molar-refractivity contribution < 1.29 is 9.90 Å². The van der Waals surface area contributed by atoms with Crippen molar-refractivity contribution in [1.29, 1.82) is 0 Å². The largest absolute Gasteiger partial charge is 0.395 e. The fourth-order valence-corrected chi connectivity index (χ4v) is 1.24. The van der Waals surface area contributed by atoms with Gasteiger partial charge in [0.25, 0.3) is 0 Å². The normalized spacial score (nSPS) is 12.6. The van der Waals surface area contributed by atoms with E-state index in [2.05, 4.69) is 11.9 Å². The van der Waals surface area contributed by atoms with Gasteiger partial charge in [-0.1, -0.05) is 13.0 Å². The van der Waals surface area contributed by atoms with Gasteiger partial charge in [-0.3, -0.25) is 9.69 Å². The van der Waals surface area contributed by atoms with E-state index in [0.29, 0.717) is 13.1 Å². The van der Waals surface area contributed by atoms with Gasteiger partial charge in [0.2, 0.25) is 5.91 Å². The van der Waals surface area contributed by atoms with Gasteiger partial charge in [-0.2, -0.15) is 0 Å². The first-order valence-electron chi connectivity index (χ1n) is 4.90. The second-order valence-corrected chi connectivity index (χ2v) is 3.06. The van der Waals surface area contributed by atoms with Crippen LogP contribution in [0.5, 0.6) is 0 Å². The van der Waals surface area contributed by atoms with Gasteiger partial charge in [0.15, 0.2) is 0 Å². The molecule has 0 fully saturated rings. The molecule has 82 valence electrons. The highest BCUT2D eigenvalue weighted by Crippen LogP contribution is 1.97. The molecule has 14 heavy (non-hydrogen) atoms. The SMILES string of the molecule is C=CCNC(=O)C(C)N(CC)CCO. The van der Waals surface area contributed by atoms with E-state index in [1.54, 1.807) is 6.08 Å². The zero-order valence-electron chi connectivity index (χ0n) is 8.99. The zero-order valence-corrected chi connectivity index (χ0v) is 8.99. The fraction of sp³-hybridized carbons (Fsp3) is 0.700. The predicted octanol–water partition coefficient (Wildman–Crippen LogP) is -0.00870. The molecule has 1 atom stereocenters. The van der Waals surface area contributed by atoms with Crippen LogP contribution in [0.3, 0.4) is 0 Å². The first kappa shape index (κ1) is 13.1. The van der Waals surface area contributed by atoms with Gasteiger partial charge in [-0.05, 0) is 13.5 Å². The third kappa shape index (κ3) is 4.39. The molecule has 1 unspecified atom stereocenters. The quantitative estimate of drug-likeness (QED) is 0.568. The summed E-state index contributed by atoms with van der Waals surface area (Å²) in [6.07, 6.45) is 1.65. The van der Waals surface area contributed by atoms with E-state index in [4.69, 9.17) is 5.11 Å². The van der Waals surface area contributed by atoms with Gasteiger partial charge in [-0.15, -0.1) is 6.58 Å². The van der Waals surface area contributed by atoms with E-state index in [1.807, 2.05) is 18.7 Å². The highest BCUT2D eigenvalue weighted by molar-refractivity contribution is 5.81. The Labute approximate surface area is 85.6 Å². The lowest BCUT2D eigenvalue weighted by Crippen LogP contribution is -2.46. The summed E-state index contributed by atoms with van der Waals surface area (Å²) in [6.45, 7) is 9.16. The molecule has 0 rings (SSSR count). The zero-order chi connectivity index (χ0) is 11.0. The molecule has 0 aliphatic rings. The van der Waals surface area contributed by atoms with Crippen LogP contribution in [0.25, 0.3) is 0 Å². The second kappa shape index (κ2) is 7.53. The average molecular weight is 200 g/mol. The van der Waals surface area contributed by atoms with Crippen molar-refractivity contribution in [3.8, 4) is 0 Å². The van der Waals surface area contributed by atoms with Gasteiger partial charge < -0.3 is 10.4 Å². The average Bonchev–Trinajstić information content (AvgIpc) is 2.21. The smallest absolute Gasteiger partial charge is 0.237 e. The first-order chi connectivity index (χ1) is 6.67. The lowest BCUT2D eigenvalue weighted by molar-refractivity contribution is -0.125. The maximum absolute atomic E-state index is 11.5. The molecule has 1 amide bonds. The molecule has 0 aromatic heterocycles. The van der Waals surface area contributed by atoms with E-state index in [0.717, 1.165) is 6.54 Å². The van der Waals surface area contributed by atoms with Crippen molar-refractivity contribution in [3.63, 3.8) is 0 Å². The Morgan fingerprint density at radius 3 is 2.79 bits per heavy atom. The van der Waals surface area contributed by atoms with E-state index in [9.17, 15) is 4.79 Å². The number of aliphatic hydroxyl groups is 1. The number of hydrogen-bond donors (Lipinski definition) is 2. The Kier molecular flexibility index (Phi) is 7.06. The molecule has 0 radical (unpaired) electrons. The number of rotatable bonds is 7. The highest BCUT2D eigenvalue weighted by Gasteiger charge is 2.18. The summed E-state index contributed by atoms with van der Waals surface area (Å²) in [6, 6.07) is -0.202. The van der Waals surface area contributed by atoms with E-state index >= 15 is 0 Å². The van der Waals surface area contributed by atoms with Crippen LogP contribution in [0.2, 0.25) is 0 Å². The number of hydrogen-bond acceptors (Lipinski definition) is 3. The van der Waals surface area contributed by atoms with Gasteiger partial charge in [-0.25, -0.2) is 0 Å². The highest BCUT2D eigenvalue weighted by atomic mass is 16.3. The number of nitrogens with one attached hydrogen (secondary N) is 1. The standard InChI is InChI=1S/C10H20N2O2/c1-4-6-11-10(14)9(3)12(5-2)7-8-13/h4,9,13H,1,5-8H2,2-3H3,(H,11,14).